The predicted molar refractivity (Wildman–Crippen MR) is 91.9 cm³/mol. The molecule has 0 unspecified atom stereocenters. The van der Waals surface area contributed by atoms with Crippen LogP contribution in [-0.4, -0.2) is 13.2 Å². The van der Waals surface area contributed by atoms with Crippen molar-refractivity contribution in [1.29, 1.82) is 0 Å². The van der Waals surface area contributed by atoms with Gasteiger partial charge >= 0.3 is 0 Å². The van der Waals surface area contributed by atoms with Crippen LogP contribution in [-0.2, 0) is 9.47 Å². The van der Waals surface area contributed by atoms with Crippen LogP contribution in [0, 0.1) is 11.8 Å². The second-order valence-corrected chi connectivity index (χ2v) is 7.15. The van der Waals surface area contributed by atoms with Gasteiger partial charge in [0.1, 0.15) is 0 Å². The number of benzene rings is 2. The molecule has 0 bridgehead atoms. The van der Waals surface area contributed by atoms with Gasteiger partial charge in [0.2, 0.25) is 0 Å². The van der Waals surface area contributed by atoms with Crippen molar-refractivity contribution in [2.75, 3.05) is 13.2 Å². The van der Waals surface area contributed by atoms with Gasteiger partial charge in [-0.2, -0.15) is 0 Å². The Hall–Kier alpha value is -1.06. The van der Waals surface area contributed by atoms with Crippen LogP contribution >= 0.6 is 23.2 Å². The SMILES string of the molecule is Clc1ccc([C@H]2OCC[C@H]3CO[C@@H](c4ccc(Cl)cc4)[C@@H]32)cc1. The Balaban J connectivity index is 1.67. The van der Waals surface area contributed by atoms with Crippen LogP contribution in [0.2, 0.25) is 10.0 Å². The maximum absolute atomic E-state index is 6.15. The number of halogens is 2. The van der Waals surface area contributed by atoms with Crippen molar-refractivity contribution in [3.8, 4) is 0 Å². The lowest BCUT2D eigenvalue weighted by Crippen LogP contribution is -2.31. The molecule has 4 heteroatoms. The van der Waals surface area contributed by atoms with Gasteiger partial charge in [-0.25, -0.2) is 0 Å². The lowest BCUT2D eigenvalue weighted by atomic mass is 9.78. The first-order valence-electron chi connectivity index (χ1n) is 7.96. The van der Waals surface area contributed by atoms with Gasteiger partial charge in [0, 0.05) is 22.6 Å². The smallest absolute Gasteiger partial charge is 0.0884 e. The maximum Gasteiger partial charge on any atom is 0.0884 e. The van der Waals surface area contributed by atoms with E-state index in [1.54, 1.807) is 0 Å². The predicted octanol–water partition coefficient (Wildman–Crippen LogP) is 5.46. The van der Waals surface area contributed by atoms with E-state index in [0.717, 1.165) is 29.7 Å². The van der Waals surface area contributed by atoms with Crippen LogP contribution in [0.4, 0.5) is 0 Å². The largest absolute Gasteiger partial charge is 0.373 e. The molecule has 0 amide bonds. The van der Waals surface area contributed by atoms with Gasteiger partial charge in [-0.05, 0) is 47.7 Å². The summed E-state index contributed by atoms with van der Waals surface area (Å²) in [6.45, 7) is 1.58. The Labute approximate surface area is 146 Å². The second kappa shape index (κ2) is 6.45. The van der Waals surface area contributed by atoms with Crippen LogP contribution < -0.4 is 0 Å². The van der Waals surface area contributed by atoms with E-state index in [2.05, 4.69) is 24.3 Å². The highest BCUT2D eigenvalue weighted by atomic mass is 35.5. The van der Waals surface area contributed by atoms with Gasteiger partial charge in [-0.15, -0.1) is 0 Å². The Morgan fingerprint density at radius 2 is 1.26 bits per heavy atom. The third-order valence-electron chi connectivity index (χ3n) is 4.92. The Kier molecular flexibility index (Phi) is 4.33. The molecule has 0 spiro atoms. The molecule has 2 fully saturated rings. The highest BCUT2D eigenvalue weighted by Gasteiger charge is 2.46. The summed E-state index contributed by atoms with van der Waals surface area (Å²) >= 11 is 12.0. The molecular formula is C19H18Cl2O2. The molecule has 2 aromatic carbocycles. The maximum atomic E-state index is 6.15. The summed E-state index contributed by atoms with van der Waals surface area (Å²) in [5.74, 6) is 0.858. The minimum absolute atomic E-state index is 0.0502. The van der Waals surface area contributed by atoms with Crippen LogP contribution in [0.5, 0.6) is 0 Å². The normalized spacial score (nSPS) is 30.2. The van der Waals surface area contributed by atoms with Crippen molar-refractivity contribution >= 4 is 23.2 Å². The zero-order valence-corrected chi connectivity index (χ0v) is 14.1. The second-order valence-electron chi connectivity index (χ2n) is 6.27. The summed E-state index contributed by atoms with van der Waals surface area (Å²) in [7, 11) is 0. The third kappa shape index (κ3) is 3.01. The van der Waals surface area contributed by atoms with Crippen molar-refractivity contribution in [2.24, 2.45) is 11.8 Å². The van der Waals surface area contributed by atoms with E-state index in [1.165, 1.54) is 11.1 Å². The standard InChI is InChI=1S/C19H18Cl2O2/c20-15-5-1-12(2-6-15)18-17-14(9-10-22-18)11-23-19(17)13-3-7-16(21)8-4-13/h1-8,14,17-19H,9-11H2/t14-,17-,18+,19-/m0/s1. The first-order valence-corrected chi connectivity index (χ1v) is 8.72. The van der Waals surface area contributed by atoms with Crippen LogP contribution in [0.15, 0.2) is 48.5 Å². The van der Waals surface area contributed by atoms with Gasteiger partial charge in [0.15, 0.2) is 0 Å². The Morgan fingerprint density at radius 1 is 0.739 bits per heavy atom. The van der Waals surface area contributed by atoms with Gasteiger partial charge in [-0.3, -0.25) is 0 Å². The topological polar surface area (TPSA) is 18.5 Å². The van der Waals surface area contributed by atoms with Crippen LogP contribution in [0.1, 0.15) is 29.8 Å². The van der Waals surface area contributed by atoms with Gasteiger partial charge in [0.25, 0.3) is 0 Å². The minimum Gasteiger partial charge on any atom is -0.373 e. The molecule has 2 aromatic rings. The van der Waals surface area contributed by atoms with E-state index in [-0.39, 0.29) is 12.2 Å². The quantitative estimate of drug-likeness (QED) is 0.717. The van der Waals surface area contributed by atoms with Crippen molar-refractivity contribution in [3.05, 3.63) is 69.7 Å². The lowest BCUT2D eigenvalue weighted by molar-refractivity contribution is -0.0605. The molecule has 0 saturated carbocycles. The average Bonchev–Trinajstić information content (AvgIpc) is 3.00. The van der Waals surface area contributed by atoms with Crippen LogP contribution in [0.3, 0.4) is 0 Å². The van der Waals surface area contributed by atoms with Gasteiger partial charge in [-0.1, -0.05) is 47.5 Å². The summed E-state index contributed by atoms with van der Waals surface area (Å²) in [6.07, 6.45) is 1.16. The number of ether oxygens (including phenoxy) is 2. The minimum atomic E-state index is 0.0502. The molecule has 4 rings (SSSR count). The van der Waals surface area contributed by atoms with E-state index in [1.807, 2.05) is 24.3 Å². The van der Waals surface area contributed by atoms with Gasteiger partial charge < -0.3 is 9.47 Å². The van der Waals surface area contributed by atoms with E-state index >= 15 is 0 Å². The third-order valence-corrected chi connectivity index (χ3v) is 5.42. The first kappa shape index (κ1) is 15.5. The molecule has 2 saturated heterocycles. The molecular weight excluding hydrogens is 331 g/mol. The van der Waals surface area contributed by atoms with E-state index < -0.39 is 0 Å². The fourth-order valence-corrected chi connectivity index (χ4v) is 4.03. The molecule has 0 aromatic heterocycles. The summed E-state index contributed by atoms with van der Waals surface area (Å²) in [5, 5.41) is 1.50. The summed E-state index contributed by atoms with van der Waals surface area (Å²) in [6, 6.07) is 15.9. The highest BCUT2D eigenvalue weighted by molar-refractivity contribution is 6.30. The molecule has 2 aliphatic heterocycles. The number of rotatable bonds is 2. The molecule has 0 N–H and O–H groups in total. The molecule has 0 aliphatic carbocycles. The molecule has 2 aliphatic rings. The first-order chi connectivity index (χ1) is 11.2. The summed E-state index contributed by atoms with van der Waals surface area (Å²) in [4.78, 5) is 0. The molecule has 4 atom stereocenters. The number of hydrogen-bond donors (Lipinski definition) is 0. The fraction of sp³-hybridized carbons (Fsp3) is 0.368. The highest BCUT2D eigenvalue weighted by Crippen LogP contribution is 2.50. The number of hydrogen-bond acceptors (Lipinski definition) is 2. The molecule has 2 heterocycles. The van der Waals surface area contributed by atoms with E-state index in [9.17, 15) is 0 Å². The zero-order valence-electron chi connectivity index (χ0n) is 12.6. The number of fused-ring (bicyclic) bond motifs is 1. The summed E-state index contributed by atoms with van der Waals surface area (Å²) < 4.78 is 12.3. The zero-order chi connectivity index (χ0) is 15.8. The monoisotopic (exact) mass is 348 g/mol. The van der Waals surface area contributed by atoms with Crippen molar-refractivity contribution in [1.82, 2.24) is 0 Å². The van der Waals surface area contributed by atoms with E-state index in [4.69, 9.17) is 32.7 Å². The van der Waals surface area contributed by atoms with Crippen molar-refractivity contribution in [3.63, 3.8) is 0 Å². The molecule has 0 radical (unpaired) electrons. The van der Waals surface area contributed by atoms with Crippen molar-refractivity contribution < 1.29 is 9.47 Å². The molecule has 23 heavy (non-hydrogen) atoms. The van der Waals surface area contributed by atoms with Crippen LogP contribution in [0.25, 0.3) is 0 Å². The molecule has 120 valence electrons. The Morgan fingerprint density at radius 3 is 1.83 bits per heavy atom. The lowest BCUT2D eigenvalue weighted by Gasteiger charge is -2.36. The molecule has 2 nitrogen and oxygen atoms in total. The van der Waals surface area contributed by atoms with Crippen molar-refractivity contribution in [2.45, 2.75) is 18.6 Å². The average molecular weight is 349 g/mol. The van der Waals surface area contributed by atoms with Gasteiger partial charge in [0.05, 0.1) is 18.8 Å². The fourth-order valence-electron chi connectivity index (χ4n) is 3.78. The summed E-state index contributed by atoms with van der Waals surface area (Å²) in [5.41, 5.74) is 2.35. The Bertz CT molecular complexity index is 669. The van der Waals surface area contributed by atoms with E-state index in [0.29, 0.717) is 11.8 Å².